The first-order valence-corrected chi connectivity index (χ1v) is 12.2. The molecule has 0 bridgehead atoms. The molecule has 3 aromatic carbocycles. The van der Waals surface area contributed by atoms with Crippen molar-refractivity contribution in [2.24, 2.45) is 0 Å². The van der Waals surface area contributed by atoms with Crippen molar-refractivity contribution >= 4 is 40.8 Å². The Bertz CT molecular complexity index is 1450. The van der Waals surface area contributed by atoms with Gasteiger partial charge in [0, 0.05) is 11.0 Å². The van der Waals surface area contributed by atoms with Crippen LogP contribution in [0.25, 0.3) is 11.3 Å². The molecule has 4 rings (SSSR count). The number of aromatic nitrogens is 2. The van der Waals surface area contributed by atoms with Crippen molar-refractivity contribution < 1.29 is 23.0 Å². The first-order valence-electron chi connectivity index (χ1n) is 11.0. The van der Waals surface area contributed by atoms with E-state index in [0.717, 1.165) is 11.6 Å². The number of hydrogen-bond donors (Lipinski definition) is 1. The molecule has 0 aliphatic carbocycles. The molecule has 0 fully saturated rings. The summed E-state index contributed by atoms with van der Waals surface area (Å²) in [5, 5.41) is 0.733. The maximum atomic E-state index is 14.7. The number of ether oxygens (including phenoxy) is 2. The summed E-state index contributed by atoms with van der Waals surface area (Å²) in [5.74, 6) is -1.80. The van der Waals surface area contributed by atoms with Crippen molar-refractivity contribution in [2.45, 2.75) is 25.9 Å². The van der Waals surface area contributed by atoms with Gasteiger partial charge >= 0.3 is 5.97 Å². The van der Waals surface area contributed by atoms with E-state index < -0.39 is 17.2 Å². The van der Waals surface area contributed by atoms with E-state index in [4.69, 9.17) is 39.5 Å². The molecule has 0 unspecified atom stereocenters. The number of hydrogen-bond acceptors (Lipinski definition) is 4. The minimum Gasteiger partial charge on any atom is -0.481 e. The highest BCUT2D eigenvalue weighted by molar-refractivity contribution is 6.42. The van der Waals surface area contributed by atoms with Crippen molar-refractivity contribution in [1.82, 2.24) is 9.97 Å². The quantitative estimate of drug-likeness (QED) is 0.231. The molecule has 0 amide bonds. The molecule has 192 valence electrons. The number of benzene rings is 3. The zero-order chi connectivity index (χ0) is 26.9. The van der Waals surface area contributed by atoms with Crippen LogP contribution < -0.4 is 4.74 Å². The summed E-state index contributed by atoms with van der Waals surface area (Å²) in [5.41, 5.74) is 2.09. The zero-order valence-corrected chi connectivity index (χ0v) is 22.2. The van der Waals surface area contributed by atoms with E-state index in [-0.39, 0.29) is 28.8 Å². The van der Waals surface area contributed by atoms with Crippen molar-refractivity contribution in [3.8, 4) is 17.0 Å². The lowest BCUT2D eigenvalue weighted by atomic mass is 9.80. The summed E-state index contributed by atoms with van der Waals surface area (Å²) < 4.78 is 38.5. The molecule has 5 nitrogen and oxygen atoms in total. The van der Waals surface area contributed by atoms with Crippen LogP contribution in [0.15, 0.2) is 54.6 Å². The van der Waals surface area contributed by atoms with E-state index in [2.05, 4.69) is 14.7 Å². The molecule has 1 heterocycles. The number of nitrogens with one attached hydrogen (secondary N) is 1. The van der Waals surface area contributed by atoms with Crippen LogP contribution in [0.5, 0.6) is 5.75 Å². The van der Waals surface area contributed by atoms with E-state index in [1.807, 2.05) is 19.9 Å². The van der Waals surface area contributed by atoms with Crippen LogP contribution in [0.4, 0.5) is 8.78 Å². The molecule has 0 aliphatic rings. The van der Waals surface area contributed by atoms with Crippen LogP contribution in [0.1, 0.15) is 41.3 Å². The summed E-state index contributed by atoms with van der Waals surface area (Å²) in [6.07, 6.45) is 0. The van der Waals surface area contributed by atoms with E-state index in [9.17, 15) is 13.6 Å². The number of nitrogens with zero attached hydrogens (tertiary/aromatic N) is 1. The molecule has 1 N–H and O–H groups in total. The molecule has 0 saturated heterocycles. The van der Waals surface area contributed by atoms with Crippen molar-refractivity contribution in [1.29, 1.82) is 0 Å². The summed E-state index contributed by atoms with van der Waals surface area (Å²) in [4.78, 5) is 19.7. The average molecular weight is 566 g/mol. The molecule has 37 heavy (non-hydrogen) atoms. The van der Waals surface area contributed by atoms with Gasteiger partial charge in [0.25, 0.3) is 0 Å². The summed E-state index contributed by atoms with van der Waals surface area (Å²) in [6, 6.07) is 13.5. The lowest BCUT2D eigenvalue weighted by Crippen LogP contribution is -2.20. The SMILES string of the molecule is COC(=O)c1cc(F)c(OCc2nc(-c3ccc(F)cc3)c(C(C)(C)c3ccc(Cl)c(Cl)c3)[nH]2)c(Cl)c1. The van der Waals surface area contributed by atoms with Crippen LogP contribution in [-0.4, -0.2) is 23.0 Å². The first kappa shape index (κ1) is 26.9. The van der Waals surface area contributed by atoms with Gasteiger partial charge in [-0.05, 0) is 54.1 Å². The maximum Gasteiger partial charge on any atom is 0.338 e. The van der Waals surface area contributed by atoms with Gasteiger partial charge in [-0.1, -0.05) is 54.7 Å². The van der Waals surface area contributed by atoms with Crippen LogP contribution in [0.2, 0.25) is 15.1 Å². The number of carbonyl (C=O) groups excluding carboxylic acids is 1. The molecule has 4 aromatic rings. The fourth-order valence-electron chi connectivity index (χ4n) is 3.86. The normalized spacial score (nSPS) is 11.5. The lowest BCUT2D eigenvalue weighted by molar-refractivity contribution is 0.0600. The fourth-order valence-corrected chi connectivity index (χ4v) is 4.42. The predicted molar refractivity (Wildman–Crippen MR) is 140 cm³/mol. The van der Waals surface area contributed by atoms with Gasteiger partial charge in [-0.15, -0.1) is 0 Å². The average Bonchev–Trinajstić information content (AvgIpc) is 3.30. The number of imidazole rings is 1. The molecular formula is C27H21Cl3F2N2O3. The number of rotatable bonds is 7. The number of H-pyrrole nitrogens is 1. The standard InChI is InChI=1S/C27H21Cl3F2N2O3/c1-27(2,16-6-9-18(28)19(29)12-16)25-23(14-4-7-17(31)8-5-14)33-22(34-25)13-37-24-20(30)10-15(11-21(24)32)26(35)36-3/h4-12H,13H2,1-3H3,(H,33,34). The van der Waals surface area contributed by atoms with Gasteiger partial charge in [0.15, 0.2) is 11.6 Å². The second-order valence-corrected chi connectivity index (χ2v) is 9.94. The maximum absolute atomic E-state index is 14.7. The minimum atomic E-state index is -0.824. The minimum absolute atomic E-state index is 0.0420. The topological polar surface area (TPSA) is 64.2 Å². The molecule has 0 radical (unpaired) electrons. The highest BCUT2D eigenvalue weighted by atomic mass is 35.5. The van der Waals surface area contributed by atoms with E-state index in [1.165, 1.54) is 25.3 Å². The van der Waals surface area contributed by atoms with Gasteiger partial charge in [0.2, 0.25) is 0 Å². The molecule has 0 atom stereocenters. The number of aromatic amines is 1. The van der Waals surface area contributed by atoms with Crippen LogP contribution >= 0.6 is 34.8 Å². The largest absolute Gasteiger partial charge is 0.481 e. The van der Waals surface area contributed by atoms with E-state index >= 15 is 0 Å². The summed E-state index contributed by atoms with van der Waals surface area (Å²) in [7, 11) is 1.19. The Morgan fingerprint density at radius 1 is 0.973 bits per heavy atom. The van der Waals surface area contributed by atoms with Gasteiger partial charge in [-0.3, -0.25) is 0 Å². The highest BCUT2D eigenvalue weighted by Gasteiger charge is 2.31. The predicted octanol–water partition coefficient (Wildman–Crippen LogP) is 8.01. The second-order valence-electron chi connectivity index (χ2n) is 8.72. The van der Waals surface area contributed by atoms with E-state index in [0.29, 0.717) is 32.8 Å². The molecule has 1 aromatic heterocycles. The Balaban J connectivity index is 1.72. The Hall–Kier alpha value is -3.13. The van der Waals surface area contributed by atoms with Crippen LogP contribution in [-0.2, 0) is 16.8 Å². The third kappa shape index (κ3) is 5.59. The van der Waals surface area contributed by atoms with Crippen molar-refractivity contribution in [3.63, 3.8) is 0 Å². The molecule has 10 heteroatoms. The van der Waals surface area contributed by atoms with Gasteiger partial charge in [0.1, 0.15) is 18.2 Å². The molecule has 0 spiro atoms. The molecular weight excluding hydrogens is 545 g/mol. The third-order valence-corrected chi connectivity index (χ3v) is 6.93. The smallest absolute Gasteiger partial charge is 0.338 e. The van der Waals surface area contributed by atoms with Gasteiger partial charge in [-0.2, -0.15) is 0 Å². The Kier molecular flexibility index (Phi) is 7.78. The first-order chi connectivity index (χ1) is 17.5. The summed E-state index contributed by atoms with van der Waals surface area (Å²) in [6.45, 7) is 3.78. The van der Waals surface area contributed by atoms with Crippen molar-refractivity contribution in [2.75, 3.05) is 7.11 Å². The van der Waals surface area contributed by atoms with Crippen LogP contribution in [0.3, 0.4) is 0 Å². The van der Waals surface area contributed by atoms with Crippen molar-refractivity contribution in [3.05, 3.63) is 104 Å². The zero-order valence-electron chi connectivity index (χ0n) is 20.0. The number of halogens is 5. The van der Waals surface area contributed by atoms with Gasteiger partial charge in [-0.25, -0.2) is 18.6 Å². The Morgan fingerprint density at radius 3 is 2.30 bits per heavy atom. The molecule has 0 aliphatic heterocycles. The lowest BCUT2D eigenvalue weighted by Gasteiger charge is -2.26. The van der Waals surface area contributed by atoms with Gasteiger partial charge in [0.05, 0.1) is 39.1 Å². The summed E-state index contributed by atoms with van der Waals surface area (Å²) >= 11 is 18.6. The third-order valence-electron chi connectivity index (χ3n) is 5.91. The monoisotopic (exact) mass is 564 g/mol. The number of esters is 1. The number of carbonyl (C=O) groups is 1. The highest BCUT2D eigenvalue weighted by Crippen LogP contribution is 2.39. The number of methoxy groups -OCH3 is 1. The van der Waals surface area contributed by atoms with Crippen LogP contribution in [0, 0.1) is 11.6 Å². The Morgan fingerprint density at radius 2 is 1.68 bits per heavy atom. The van der Waals surface area contributed by atoms with Gasteiger partial charge < -0.3 is 14.5 Å². The molecule has 0 saturated carbocycles. The Labute approximate surface area is 227 Å². The fraction of sp³-hybridized carbons (Fsp3) is 0.185. The second kappa shape index (κ2) is 10.7. The van der Waals surface area contributed by atoms with E-state index in [1.54, 1.807) is 24.3 Å².